The highest BCUT2D eigenvalue weighted by atomic mass is 35.5. The second kappa shape index (κ2) is 7.30. The molecule has 26 heavy (non-hydrogen) atoms. The van der Waals surface area contributed by atoms with Crippen LogP contribution in [0.1, 0.15) is 23.1 Å². The largest absolute Gasteiger partial charge is 0.423 e. The van der Waals surface area contributed by atoms with E-state index >= 15 is 0 Å². The summed E-state index contributed by atoms with van der Waals surface area (Å²) in [7, 11) is 0. The summed E-state index contributed by atoms with van der Waals surface area (Å²) in [6.45, 7) is 3.75. The van der Waals surface area contributed by atoms with Crippen molar-refractivity contribution in [3.63, 3.8) is 0 Å². The highest BCUT2D eigenvalue weighted by Gasteiger charge is 2.14. The Kier molecular flexibility index (Phi) is 5.09. The molecular formula is C20H17ClFNO3. The van der Waals surface area contributed by atoms with Gasteiger partial charge in [-0.25, -0.2) is 9.18 Å². The summed E-state index contributed by atoms with van der Waals surface area (Å²) in [5.41, 5.74) is 2.32. The Morgan fingerprint density at radius 1 is 1.19 bits per heavy atom. The molecule has 4 nitrogen and oxygen atoms in total. The zero-order valence-corrected chi connectivity index (χ0v) is 15.1. The number of carbonyl (C=O) groups is 1. The minimum Gasteiger partial charge on any atom is -0.423 e. The Bertz CT molecular complexity index is 1060. The van der Waals surface area contributed by atoms with Gasteiger partial charge in [0.2, 0.25) is 5.91 Å². The maximum Gasteiger partial charge on any atom is 0.339 e. The van der Waals surface area contributed by atoms with Gasteiger partial charge in [-0.3, -0.25) is 4.79 Å². The number of amides is 1. The Hall–Kier alpha value is -2.66. The summed E-state index contributed by atoms with van der Waals surface area (Å²) in [5, 5.41) is 3.64. The number of anilines is 1. The summed E-state index contributed by atoms with van der Waals surface area (Å²) in [4.78, 5) is 24.4. The van der Waals surface area contributed by atoms with Crippen LogP contribution in [0.2, 0.25) is 5.02 Å². The van der Waals surface area contributed by atoms with Crippen LogP contribution in [0.4, 0.5) is 10.1 Å². The standard InChI is InChI=1S/C20H17ClFNO3/c1-11-3-5-14-12(2)15(20(25)26-18(14)9-11)6-8-19(24)23-17-10-13(21)4-7-16(17)22/h3-5,7,9-10H,6,8H2,1-2H3,(H,23,24). The Morgan fingerprint density at radius 2 is 1.96 bits per heavy atom. The minimum atomic E-state index is -0.570. The molecule has 0 radical (unpaired) electrons. The molecule has 1 heterocycles. The third-order valence-corrected chi connectivity index (χ3v) is 4.48. The molecule has 0 saturated heterocycles. The van der Waals surface area contributed by atoms with Crippen LogP contribution < -0.4 is 10.9 Å². The summed E-state index contributed by atoms with van der Waals surface area (Å²) < 4.78 is 19.1. The van der Waals surface area contributed by atoms with Crippen molar-refractivity contribution in [2.75, 3.05) is 5.32 Å². The Morgan fingerprint density at radius 3 is 2.73 bits per heavy atom. The van der Waals surface area contributed by atoms with Crippen molar-refractivity contribution < 1.29 is 13.6 Å². The van der Waals surface area contributed by atoms with E-state index in [9.17, 15) is 14.0 Å². The van der Waals surface area contributed by atoms with Crippen LogP contribution in [-0.4, -0.2) is 5.91 Å². The molecule has 1 N–H and O–H groups in total. The van der Waals surface area contributed by atoms with E-state index in [2.05, 4.69) is 5.32 Å². The number of carbonyl (C=O) groups excluding carboxylic acids is 1. The van der Waals surface area contributed by atoms with Gasteiger partial charge in [0.15, 0.2) is 0 Å². The van der Waals surface area contributed by atoms with Crippen molar-refractivity contribution in [2.45, 2.75) is 26.7 Å². The number of rotatable bonds is 4. The lowest BCUT2D eigenvalue weighted by Crippen LogP contribution is -2.17. The number of benzene rings is 2. The van der Waals surface area contributed by atoms with Crippen LogP contribution in [0.3, 0.4) is 0 Å². The number of halogens is 2. The van der Waals surface area contributed by atoms with Gasteiger partial charge in [0.05, 0.1) is 5.69 Å². The maximum absolute atomic E-state index is 13.7. The molecule has 6 heteroatoms. The predicted octanol–water partition coefficient (Wildman–Crippen LogP) is 4.77. The first kappa shape index (κ1) is 18.1. The fourth-order valence-electron chi connectivity index (χ4n) is 2.84. The minimum absolute atomic E-state index is 0.0141. The van der Waals surface area contributed by atoms with Gasteiger partial charge in [-0.1, -0.05) is 23.7 Å². The molecule has 0 unspecified atom stereocenters. The lowest BCUT2D eigenvalue weighted by molar-refractivity contribution is -0.116. The predicted molar refractivity (Wildman–Crippen MR) is 100 cm³/mol. The molecular weight excluding hydrogens is 357 g/mol. The highest BCUT2D eigenvalue weighted by molar-refractivity contribution is 6.30. The van der Waals surface area contributed by atoms with E-state index in [4.69, 9.17) is 16.0 Å². The van der Waals surface area contributed by atoms with Crippen molar-refractivity contribution in [2.24, 2.45) is 0 Å². The quantitative estimate of drug-likeness (QED) is 0.670. The first-order valence-corrected chi connectivity index (χ1v) is 8.51. The van der Waals surface area contributed by atoms with Crippen molar-refractivity contribution in [1.29, 1.82) is 0 Å². The van der Waals surface area contributed by atoms with E-state index in [1.54, 1.807) is 0 Å². The van der Waals surface area contributed by atoms with Gasteiger partial charge in [0.25, 0.3) is 0 Å². The van der Waals surface area contributed by atoms with Gasteiger partial charge in [0.1, 0.15) is 11.4 Å². The molecule has 0 spiro atoms. The molecule has 0 aliphatic heterocycles. The Labute approximate surface area is 154 Å². The Balaban J connectivity index is 1.79. The van der Waals surface area contributed by atoms with Gasteiger partial charge in [-0.05, 0) is 55.7 Å². The number of hydrogen-bond acceptors (Lipinski definition) is 3. The van der Waals surface area contributed by atoms with Gasteiger partial charge in [-0.15, -0.1) is 0 Å². The molecule has 2 aromatic carbocycles. The van der Waals surface area contributed by atoms with Gasteiger partial charge in [-0.2, -0.15) is 0 Å². The average Bonchev–Trinajstić information content (AvgIpc) is 2.57. The van der Waals surface area contributed by atoms with Crippen LogP contribution in [-0.2, 0) is 11.2 Å². The van der Waals surface area contributed by atoms with Crippen LogP contribution in [0.5, 0.6) is 0 Å². The third-order valence-electron chi connectivity index (χ3n) is 4.25. The highest BCUT2D eigenvalue weighted by Crippen LogP contribution is 2.22. The van der Waals surface area contributed by atoms with Gasteiger partial charge >= 0.3 is 5.63 Å². The molecule has 0 fully saturated rings. The normalized spacial score (nSPS) is 10.9. The monoisotopic (exact) mass is 373 g/mol. The maximum atomic E-state index is 13.7. The fraction of sp³-hybridized carbons (Fsp3) is 0.200. The SMILES string of the molecule is Cc1ccc2c(C)c(CCC(=O)Nc3cc(Cl)ccc3F)c(=O)oc2c1. The zero-order valence-electron chi connectivity index (χ0n) is 14.4. The van der Waals surface area contributed by atoms with Gasteiger partial charge in [0, 0.05) is 22.4 Å². The van der Waals surface area contributed by atoms with Crippen molar-refractivity contribution in [3.8, 4) is 0 Å². The number of fused-ring (bicyclic) bond motifs is 1. The lowest BCUT2D eigenvalue weighted by Gasteiger charge is -2.09. The summed E-state index contributed by atoms with van der Waals surface area (Å²) in [6, 6.07) is 9.57. The van der Waals surface area contributed by atoms with Crippen LogP contribution in [0, 0.1) is 19.7 Å². The van der Waals surface area contributed by atoms with Crippen LogP contribution in [0.25, 0.3) is 11.0 Å². The summed E-state index contributed by atoms with van der Waals surface area (Å²) in [5.74, 6) is -0.978. The number of aryl methyl sites for hydroxylation is 2. The lowest BCUT2D eigenvalue weighted by atomic mass is 10.0. The van der Waals surface area contributed by atoms with Crippen LogP contribution >= 0.6 is 11.6 Å². The van der Waals surface area contributed by atoms with E-state index < -0.39 is 17.3 Å². The van der Waals surface area contributed by atoms with E-state index in [1.807, 2.05) is 32.0 Å². The van der Waals surface area contributed by atoms with E-state index in [0.29, 0.717) is 16.2 Å². The molecule has 0 aliphatic carbocycles. The summed E-state index contributed by atoms with van der Waals surface area (Å²) in [6.07, 6.45) is 0.223. The molecule has 1 aromatic heterocycles. The molecule has 1 amide bonds. The molecule has 3 rings (SSSR count). The second-order valence-electron chi connectivity index (χ2n) is 6.17. The first-order chi connectivity index (χ1) is 12.3. The van der Waals surface area contributed by atoms with E-state index in [1.165, 1.54) is 18.2 Å². The van der Waals surface area contributed by atoms with Gasteiger partial charge < -0.3 is 9.73 Å². The molecule has 0 saturated carbocycles. The molecule has 134 valence electrons. The molecule has 0 bridgehead atoms. The van der Waals surface area contributed by atoms with E-state index in [-0.39, 0.29) is 18.5 Å². The number of nitrogens with one attached hydrogen (secondary N) is 1. The summed E-state index contributed by atoms with van der Waals surface area (Å²) >= 11 is 5.81. The smallest absolute Gasteiger partial charge is 0.339 e. The molecule has 0 atom stereocenters. The topological polar surface area (TPSA) is 59.3 Å². The average molecular weight is 374 g/mol. The van der Waals surface area contributed by atoms with Crippen molar-refractivity contribution in [1.82, 2.24) is 0 Å². The number of hydrogen-bond donors (Lipinski definition) is 1. The second-order valence-corrected chi connectivity index (χ2v) is 6.60. The third kappa shape index (κ3) is 3.78. The van der Waals surface area contributed by atoms with Crippen LogP contribution in [0.15, 0.2) is 45.6 Å². The van der Waals surface area contributed by atoms with E-state index in [0.717, 1.165) is 16.5 Å². The zero-order chi connectivity index (χ0) is 18.8. The first-order valence-electron chi connectivity index (χ1n) is 8.13. The fourth-order valence-corrected chi connectivity index (χ4v) is 3.01. The molecule has 3 aromatic rings. The van der Waals surface area contributed by atoms with Crippen molar-refractivity contribution in [3.05, 3.63) is 74.3 Å². The van der Waals surface area contributed by atoms with Crippen molar-refractivity contribution >= 4 is 34.2 Å². The molecule has 0 aliphatic rings.